The third-order valence-electron chi connectivity index (χ3n) is 4.05. The highest BCUT2D eigenvalue weighted by molar-refractivity contribution is 7.91. The molecule has 3 rings (SSSR count). The summed E-state index contributed by atoms with van der Waals surface area (Å²) in [6.45, 7) is 0. The molecule has 0 saturated carbocycles. The van der Waals surface area contributed by atoms with Gasteiger partial charge in [0.05, 0.1) is 17.4 Å². The fraction of sp³-hybridized carbons (Fsp3) is 0.0909. The first-order valence-corrected chi connectivity index (χ1v) is 10.7. The van der Waals surface area contributed by atoms with Crippen molar-refractivity contribution in [2.45, 2.75) is 5.75 Å². The van der Waals surface area contributed by atoms with Gasteiger partial charge >= 0.3 is 0 Å². The molecule has 0 atom stereocenters. The molecule has 146 valence electrons. The van der Waals surface area contributed by atoms with Gasteiger partial charge in [-0.3, -0.25) is 4.79 Å². The van der Waals surface area contributed by atoms with E-state index in [-0.39, 0.29) is 5.75 Å². The number of hydrogen-bond acceptors (Lipinski definition) is 5. The van der Waals surface area contributed by atoms with E-state index in [0.717, 1.165) is 11.4 Å². The SMILES string of the molecule is N#Cc1ccc(CS(=O)(=O)CC(=O)Nc2ccc(Nc3ccccc3)cc2)cc1. The summed E-state index contributed by atoms with van der Waals surface area (Å²) in [5.74, 6) is -1.47. The lowest BCUT2D eigenvalue weighted by Crippen LogP contribution is -2.23. The van der Waals surface area contributed by atoms with Crippen molar-refractivity contribution >= 4 is 32.8 Å². The Labute approximate surface area is 169 Å². The Morgan fingerprint density at radius 2 is 1.41 bits per heavy atom. The molecule has 0 heterocycles. The number of para-hydroxylation sites is 1. The van der Waals surface area contributed by atoms with Crippen LogP contribution in [-0.4, -0.2) is 20.1 Å². The van der Waals surface area contributed by atoms with Gasteiger partial charge < -0.3 is 10.6 Å². The van der Waals surface area contributed by atoms with Crippen molar-refractivity contribution in [3.63, 3.8) is 0 Å². The molecular weight excluding hydrogens is 386 g/mol. The van der Waals surface area contributed by atoms with Gasteiger partial charge in [-0.2, -0.15) is 5.26 Å². The summed E-state index contributed by atoms with van der Waals surface area (Å²) >= 11 is 0. The van der Waals surface area contributed by atoms with Gasteiger partial charge in [-0.15, -0.1) is 0 Å². The molecule has 0 aromatic heterocycles. The van der Waals surface area contributed by atoms with Crippen LogP contribution in [-0.2, 0) is 20.4 Å². The number of amides is 1. The Bertz CT molecular complexity index is 1120. The maximum absolute atomic E-state index is 12.3. The van der Waals surface area contributed by atoms with Crippen LogP contribution in [0.5, 0.6) is 0 Å². The number of rotatable bonds is 7. The van der Waals surface area contributed by atoms with Gasteiger partial charge in [-0.25, -0.2) is 8.42 Å². The third kappa shape index (κ3) is 6.19. The largest absolute Gasteiger partial charge is 0.356 e. The van der Waals surface area contributed by atoms with Crippen LogP contribution < -0.4 is 10.6 Å². The number of carbonyl (C=O) groups excluding carboxylic acids is 1. The highest BCUT2D eigenvalue weighted by Gasteiger charge is 2.17. The van der Waals surface area contributed by atoms with Crippen molar-refractivity contribution in [2.24, 2.45) is 0 Å². The van der Waals surface area contributed by atoms with Crippen molar-refractivity contribution in [3.8, 4) is 6.07 Å². The molecule has 3 aromatic rings. The minimum Gasteiger partial charge on any atom is -0.356 e. The molecule has 29 heavy (non-hydrogen) atoms. The first-order valence-electron chi connectivity index (χ1n) is 8.85. The van der Waals surface area contributed by atoms with Crippen LogP contribution in [0, 0.1) is 11.3 Å². The molecule has 0 fully saturated rings. The Kier molecular flexibility index (Phi) is 6.27. The van der Waals surface area contributed by atoms with E-state index >= 15 is 0 Å². The summed E-state index contributed by atoms with van der Waals surface area (Å²) in [4.78, 5) is 12.1. The Morgan fingerprint density at radius 1 is 0.828 bits per heavy atom. The quantitative estimate of drug-likeness (QED) is 0.622. The zero-order valence-electron chi connectivity index (χ0n) is 15.5. The highest BCUT2D eigenvalue weighted by Crippen LogP contribution is 2.19. The second kappa shape index (κ2) is 9.04. The molecule has 0 aliphatic heterocycles. The molecule has 0 saturated heterocycles. The molecule has 6 nitrogen and oxygen atoms in total. The lowest BCUT2D eigenvalue weighted by Gasteiger charge is -2.09. The third-order valence-corrected chi connectivity index (χ3v) is 5.53. The zero-order chi connectivity index (χ0) is 20.7. The molecule has 1 amide bonds. The fourth-order valence-electron chi connectivity index (χ4n) is 2.70. The van der Waals surface area contributed by atoms with E-state index in [1.54, 1.807) is 48.5 Å². The summed E-state index contributed by atoms with van der Waals surface area (Å²) in [5.41, 5.74) is 3.30. The van der Waals surface area contributed by atoms with E-state index in [1.807, 2.05) is 36.4 Å². The van der Waals surface area contributed by atoms with Gasteiger partial charge in [0.2, 0.25) is 5.91 Å². The molecular formula is C22H19N3O3S. The van der Waals surface area contributed by atoms with Crippen LogP contribution >= 0.6 is 0 Å². The van der Waals surface area contributed by atoms with E-state index < -0.39 is 21.5 Å². The van der Waals surface area contributed by atoms with E-state index in [9.17, 15) is 13.2 Å². The number of sulfone groups is 1. The maximum Gasteiger partial charge on any atom is 0.239 e. The monoisotopic (exact) mass is 405 g/mol. The van der Waals surface area contributed by atoms with E-state index in [2.05, 4.69) is 10.6 Å². The highest BCUT2D eigenvalue weighted by atomic mass is 32.2. The van der Waals surface area contributed by atoms with Gasteiger partial charge in [0, 0.05) is 17.1 Å². The Balaban J connectivity index is 1.55. The Hall–Kier alpha value is -3.63. The van der Waals surface area contributed by atoms with Crippen LogP contribution in [0.1, 0.15) is 11.1 Å². The molecule has 0 aliphatic rings. The summed E-state index contributed by atoms with van der Waals surface area (Å²) in [7, 11) is -3.63. The van der Waals surface area contributed by atoms with Crippen LogP contribution in [0.2, 0.25) is 0 Å². The molecule has 3 aromatic carbocycles. The number of anilines is 3. The zero-order valence-corrected chi connectivity index (χ0v) is 16.3. The summed E-state index contributed by atoms with van der Waals surface area (Å²) in [5, 5.41) is 14.6. The first-order chi connectivity index (χ1) is 13.9. The van der Waals surface area contributed by atoms with Gasteiger partial charge in [-0.05, 0) is 54.1 Å². The molecule has 0 bridgehead atoms. The molecule has 0 spiro atoms. The molecule has 7 heteroatoms. The lowest BCUT2D eigenvalue weighted by atomic mass is 10.2. The average Bonchev–Trinajstić information content (AvgIpc) is 2.70. The number of nitrogens with one attached hydrogen (secondary N) is 2. The van der Waals surface area contributed by atoms with Gasteiger partial charge in [0.1, 0.15) is 5.75 Å². The van der Waals surface area contributed by atoms with Crippen LogP contribution in [0.3, 0.4) is 0 Å². The average molecular weight is 405 g/mol. The Morgan fingerprint density at radius 3 is 2.03 bits per heavy atom. The van der Waals surface area contributed by atoms with Gasteiger partial charge in [0.25, 0.3) is 0 Å². The first kappa shape index (κ1) is 20.1. The molecule has 0 aliphatic carbocycles. The predicted octanol–water partition coefficient (Wildman–Crippen LogP) is 3.86. The maximum atomic E-state index is 12.3. The summed E-state index contributed by atoms with van der Waals surface area (Å²) in [6.07, 6.45) is 0. The van der Waals surface area contributed by atoms with Crippen LogP contribution in [0.15, 0.2) is 78.9 Å². The second-order valence-electron chi connectivity index (χ2n) is 6.46. The fourth-order valence-corrected chi connectivity index (χ4v) is 3.98. The van der Waals surface area contributed by atoms with Gasteiger partial charge in [0.15, 0.2) is 9.84 Å². The normalized spacial score (nSPS) is 10.7. The topological polar surface area (TPSA) is 99.1 Å². The number of nitriles is 1. The van der Waals surface area contributed by atoms with E-state index in [1.165, 1.54) is 0 Å². The molecule has 0 radical (unpaired) electrons. The van der Waals surface area contributed by atoms with E-state index in [4.69, 9.17) is 5.26 Å². The van der Waals surface area contributed by atoms with Crippen molar-refractivity contribution in [1.82, 2.24) is 0 Å². The van der Waals surface area contributed by atoms with Crippen molar-refractivity contribution in [3.05, 3.63) is 90.0 Å². The van der Waals surface area contributed by atoms with Crippen LogP contribution in [0.4, 0.5) is 17.1 Å². The smallest absolute Gasteiger partial charge is 0.239 e. The summed E-state index contributed by atoms with van der Waals surface area (Å²) in [6, 6.07) is 24.9. The predicted molar refractivity (Wildman–Crippen MR) is 113 cm³/mol. The minimum atomic E-state index is -3.63. The van der Waals surface area contributed by atoms with Crippen LogP contribution in [0.25, 0.3) is 0 Å². The standard InChI is InChI=1S/C22H19N3O3S/c23-14-17-6-8-18(9-7-17)15-29(27,28)16-22(26)25-21-12-10-20(11-13-21)24-19-4-2-1-3-5-19/h1-13,24H,15-16H2,(H,25,26). The van der Waals surface area contributed by atoms with Crippen molar-refractivity contribution in [2.75, 3.05) is 16.4 Å². The second-order valence-corrected chi connectivity index (χ2v) is 8.52. The minimum absolute atomic E-state index is 0.258. The number of hydrogen-bond donors (Lipinski definition) is 2. The molecule has 2 N–H and O–H groups in total. The number of benzene rings is 3. The lowest BCUT2D eigenvalue weighted by molar-refractivity contribution is -0.113. The van der Waals surface area contributed by atoms with Gasteiger partial charge in [-0.1, -0.05) is 30.3 Å². The van der Waals surface area contributed by atoms with Crippen molar-refractivity contribution < 1.29 is 13.2 Å². The molecule has 0 unspecified atom stereocenters. The van der Waals surface area contributed by atoms with Crippen molar-refractivity contribution in [1.29, 1.82) is 5.26 Å². The number of nitrogens with zero attached hydrogens (tertiary/aromatic N) is 1. The number of carbonyl (C=O) groups is 1. The summed E-state index contributed by atoms with van der Waals surface area (Å²) < 4.78 is 24.6. The van der Waals surface area contributed by atoms with E-state index in [0.29, 0.717) is 16.8 Å².